The molecular weight excluding hydrogens is 284 g/mol. The third-order valence-electron chi connectivity index (χ3n) is 7.66. The van der Waals surface area contributed by atoms with Crippen LogP contribution in [0.4, 0.5) is 0 Å². The fraction of sp³-hybridized carbons (Fsp3) is 0.667. The molecule has 124 valence electrons. The van der Waals surface area contributed by atoms with Crippen molar-refractivity contribution < 1.29 is 9.53 Å². The summed E-state index contributed by atoms with van der Waals surface area (Å²) in [4.78, 5) is 12.7. The Labute approximate surface area is 139 Å². The Hall–Kier alpha value is -1.31. The molecular formula is C21H28O2. The van der Waals surface area contributed by atoms with E-state index in [9.17, 15) is 4.79 Å². The number of Topliss-reactive ketones (excluding diaryl/α,β-unsaturated/α-hetero) is 1. The average Bonchev–Trinajstić information content (AvgIpc) is 2.79. The average molecular weight is 312 g/mol. The molecule has 0 aromatic carbocycles. The monoisotopic (exact) mass is 312 g/mol. The first-order chi connectivity index (χ1) is 10.9. The first-order valence-electron chi connectivity index (χ1n) is 9.07. The minimum absolute atomic E-state index is 0.157. The maximum Gasteiger partial charge on any atom is 0.164 e. The van der Waals surface area contributed by atoms with E-state index in [4.69, 9.17) is 4.74 Å². The molecule has 0 saturated heterocycles. The van der Waals surface area contributed by atoms with Crippen LogP contribution in [-0.2, 0) is 9.53 Å². The van der Waals surface area contributed by atoms with Crippen LogP contribution in [0.5, 0.6) is 0 Å². The first-order valence-corrected chi connectivity index (χ1v) is 9.07. The van der Waals surface area contributed by atoms with Gasteiger partial charge in [-0.3, -0.25) is 4.79 Å². The van der Waals surface area contributed by atoms with Crippen LogP contribution in [0, 0.1) is 28.6 Å². The van der Waals surface area contributed by atoms with Crippen LogP contribution in [0.2, 0.25) is 0 Å². The number of carbonyl (C=O) groups is 1. The molecule has 4 rings (SSSR count). The molecule has 0 spiro atoms. The van der Waals surface area contributed by atoms with Gasteiger partial charge in [0.25, 0.3) is 0 Å². The number of hydrogen-bond donors (Lipinski definition) is 0. The Morgan fingerprint density at radius 2 is 2.09 bits per heavy atom. The van der Waals surface area contributed by atoms with E-state index in [2.05, 4.69) is 32.6 Å². The lowest BCUT2D eigenvalue weighted by atomic mass is 9.46. The second kappa shape index (κ2) is 4.84. The molecule has 2 fully saturated rings. The Bertz CT molecular complexity index is 640. The molecule has 0 amide bonds. The van der Waals surface area contributed by atoms with Crippen molar-refractivity contribution in [1.29, 1.82) is 0 Å². The van der Waals surface area contributed by atoms with Gasteiger partial charge in [-0.05, 0) is 72.5 Å². The minimum Gasteiger partial charge on any atom is -0.501 e. The lowest BCUT2D eigenvalue weighted by molar-refractivity contribution is -0.134. The third kappa shape index (κ3) is 1.90. The fourth-order valence-corrected chi connectivity index (χ4v) is 6.35. The van der Waals surface area contributed by atoms with Crippen LogP contribution >= 0.6 is 0 Å². The maximum atomic E-state index is 12.7. The van der Waals surface area contributed by atoms with E-state index in [-0.39, 0.29) is 10.8 Å². The summed E-state index contributed by atoms with van der Waals surface area (Å²) in [7, 11) is 1.78. The molecule has 0 radical (unpaired) electrons. The number of ketones is 1. The zero-order valence-corrected chi connectivity index (χ0v) is 14.7. The van der Waals surface area contributed by atoms with Crippen LogP contribution in [-0.4, -0.2) is 12.9 Å². The van der Waals surface area contributed by atoms with Gasteiger partial charge in [-0.25, -0.2) is 0 Å². The summed E-state index contributed by atoms with van der Waals surface area (Å²) in [5.41, 5.74) is 2.45. The summed E-state index contributed by atoms with van der Waals surface area (Å²) in [6.45, 7) is 8.75. The fourth-order valence-electron chi connectivity index (χ4n) is 6.35. The van der Waals surface area contributed by atoms with E-state index in [1.807, 2.05) is 0 Å². The maximum absolute atomic E-state index is 12.7. The Kier molecular flexibility index (Phi) is 3.21. The second-order valence-electron chi connectivity index (χ2n) is 8.63. The zero-order valence-electron chi connectivity index (χ0n) is 14.7. The summed E-state index contributed by atoms with van der Waals surface area (Å²) in [6, 6.07) is 0. The summed E-state index contributed by atoms with van der Waals surface area (Å²) < 4.78 is 5.48. The molecule has 2 nitrogen and oxygen atoms in total. The lowest BCUT2D eigenvalue weighted by Gasteiger charge is -2.57. The van der Waals surface area contributed by atoms with Crippen molar-refractivity contribution in [1.82, 2.24) is 0 Å². The largest absolute Gasteiger partial charge is 0.501 e. The highest BCUT2D eigenvalue weighted by atomic mass is 16.5. The van der Waals surface area contributed by atoms with Crippen molar-refractivity contribution in [2.75, 3.05) is 7.11 Å². The number of hydrogen-bond acceptors (Lipinski definition) is 2. The summed E-state index contributed by atoms with van der Waals surface area (Å²) in [6.07, 6.45) is 11.2. The van der Waals surface area contributed by atoms with Gasteiger partial charge in [0.15, 0.2) is 5.78 Å². The normalized spacial score (nSPS) is 45.6. The molecule has 2 heteroatoms. The molecule has 1 unspecified atom stereocenters. The summed E-state index contributed by atoms with van der Waals surface area (Å²) >= 11 is 0. The van der Waals surface area contributed by atoms with Gasteiger partial charge in [0.1, 0.15) is 0 Å². The highest BCUT2D eigenvalue weighted by Gasteiger charge is 2.61. The van der Waals surface area contributed by atoms with Crippen LogP contribution in [0.1, 0.15) is 52.4 Å². The highest BCUT2D eigenvalue weighted by Crippen LogP contribution is 2.66. The number of allylic oxidation sites excluding steroid dienone is 5. The summed E-state index contributed by atoms with van der Waals surface area (Å²) in [5.74, 6) is 3.30. The standard InChI is InChI=1S/C21H28O2/c1-13-11-18-20(2)9-7-14-12-15(23-4)5-6-16(14)17(20)8-10-21(18,3)19(13)22/h7,12,16-18H,1,5-6,8-11H2,2-4H3/t16-,17+,18-,20?,21-/m0/s1. The number of rotatable bonds is 1. The molecule has 0 aromatic rings. The van der Waals surface area contributed by atoms with Crippen LogP contribution in [0.15, 0.2) is 35.6 Å². The van der Waals surface area contributed by atoms with Gasteiger partial charge in [-0.1, -0.05) is 26.5 Å². The third-order valence-corrected chi connectivity index (χ3v) is 7.66. The van der Waals surface area contributed by atoms with E-state index in [1.54, 1.807) is 7.11 Å². The number of fused-ring (bicyclic) bond motifs is 5. The van der Waals surface area contributed by atoms with Crippen molar-refractivity contribution in [2.45, 2.75) is 52.4 Å². The van der Waals surface area contributed by atoms with Gasteiger partial charge in [-0.2, -0.15) is 0 Å². The predicted molar refractivity (Wildman–Crippen MR) is 91.7 cm³/mol. The van der Waals surface area contributed by atoms with E-state index < -0.39 is 0 Å². The number of carbonyl (C=O) groups excluding carboxylic acids is 1. The van der Waals surface area contributed by atoms with Gasteiger partial charge >= 0.3 is 0 Å². The van der Waals surface area contributed by atoms with Crippen molar-refractivity contribution in [3.8, 4) is 0 Å². The number of ether oxygens (including phenoxy) is 1. The van der Waals surface area contributed by atoms with Crippen LogP contribution < -0.4 is 0 Å². The quantitative estimate of drug-likeness (QED) is 0.649. The molecule has 2 saturated carbocycles. The van der Waals surface area contributed by atoms with Gasteiger partial charge in [-0.15, -0.1) is 0 Å². The first kappa shape index (κ1) is 15.2. The Morgan fingerprint density at radius 1 is 1.30 bits per heavy atom. The van der Waals surface area contributed by atoms with Gasteiger partial charge in [0.2, 0.25) is 0 Å². The lowest BCUT2D eigenvalue weighted by Crippen LogP contribution is -2.52. The smallest absolute Gasteiger partial charge is 0.164 e. The second-order valence-corrected chi connectivity index (χ2v) is 8.63. The minimum atomic E-state index is -0.157. The molecule has 4 aliphatic rings. The van der Waals surface area contributed by atoms with Crippen molar-refractivity contribution in [3.63, 3.8) is 0 Å². The SMILES string of the molecule is C=C1C[C@H]2C3(C)CC=C4C=C(OC)CC[C@@H]4[C@H]3CC[C@]2(C)C1=O. The molecule has 23 heavy (non-hydrogen) atoms. The van der Waals surface area contributed by atoms with Gasteiger partial charge < -0.3 is 4.74 Å². The molecule has 4 aliphatic carbocycles. The summed E-state index contributed by atoms with van der Waals surface area (Å²) in [5, 5.41) is 0. The zero-order chi connectivity index (χ0) is 16.4. The molecule has 0 heterocycles. The van der Waals surface area contributed by atoms with E-state index in [0.29, 0.717) is 23.5 Å². The Morgan fingerprint density at radius 3 is 2.83 bits per heavy atom. The molecule has 0 N–H and O–H groups in total. The van der Waals surface area contributed by atoms with Crippen molar-refractivity contribution in [3.05, 3.63) is 35.6 Å². The van der Waals surface area contributed by atoms with E-state index in [0.717, 1.165) is 37.0 Å². The van der Waals surface area contributed by atoms with Crippen LogP contribution in [0.3, 0.4) is 0 Å². The van der Waals surface area contributed by atoms with Crippen molar-refractivity contribution in [2.24, 2.45) is 28.6 Å². The molecule has 0 bridgehead atoms. The molecule has 0 aromatic heterocycles. The topological polar surface area (TPSA) is 26.3 Å². The highest BCUT2D eigenvalue weighted by molar-refractivity contribution is 6.02. The van der Waals surface area contributed by atoms with Crippen molar-refractivity contribution >= 4 is 5.78 Å². The Balaban J connectivity index is 1.73. The van der Waals surface area contributed by atoms with Gasteiger partial charge in [0.05, 0.1) is 12.9 Å². The van der Waals surface area contributed by atoms with Crippen LogP contribution in [0.25, 0.3) is 0 Å². The molecule has 0 aliphatic heterocycles. The van der Waals surface area contributed by atoms with Gasteiger partial charge in [0, 0.05) is 11.8 Å². The van der Waals surface area contributed by atoms with E-state index in [1.165, 1.54) is 18.4 Å². The molecule has 5 atom stereocenters. The predicted octanol–water partition coefficient (Wildman–Crippen LogP) is 4.82. The van der Waals surface area contributed by atoms with E-state index >= 15 is 0 Å². The number of methoxy groups -OCH3 is 1.